The van der Waals surface area contributed by atoms with Crippen molar-refractivity contribution in [1.82, 2.24) is 19.9 Å². The molecule has 0 saturated carbocycles. The highest BCUT2D eigenvalue weighted by atomic mass is 16.3. The normalized spacial score (nSPS) is 17.6. The predicted octanol–water partition coefficient (Wildman–Crippen LogP) is 1.42. The van der Waals surface area contributed by atoms with Crippen LogP contribution in [0.3, 0.4) is 0 Å². The van der Waals surface area contributed by atoms with Crippen LogP contribution in [0.2, 0.25) is 0 Å². The standard InChI is InChI=1S/C16H16N4O2/c1-9-15(21)18-14-7-13(19-20(14)16(9)22)12-6-10-4-2-3-5-11(10)8-17-12/h2-5,7,12,17,22H,6,8H2,1H3,(H,18,21). The van der Waals surface area contributed by atoms with Crippen LogP contribution in [0.4, 0.5) is 0 Å². The van der Waals surface area contributed by atoms with Crippen molar-refractivity contribution in [2.45, 2.75) is 25.9 Å². The Labute approximate surface area is 126 Å². The molecule has 1 aromatic carbocycles. The number of hydrogen-bond acceptors (Lipinski definition) is 4. The largest absolute Gasteiger partial charge is 0.493 e. The molecule has 0 radical (unpaired) electrons. The lowest BCUT2D eigenvalue weighted by Gasteiger charge is -2.24. The lowest BCUT2D eigenvalue weighted by Crippen LogP contribution is -2.28. The summed E-state index contributed by atoms with van der Waals surface area (Å²) in [6.45, 7) is 2.36. The molecule has 2 aromatic heterocycles. The number of benzene rings is 1. The third kappa shape index (κ3) is 1.92. The van der Waals surface area contributed by atoms with Gasteiger partial charge in [-0.2, -0.15) is 9.61 Å². The van der Waals surface area contributed by atoms with Crippen molar-refractivity contribution in [3.8, 4) is 5.88 Å². The molecule has 1 unspecified atom stereocenters. The van der Waals surface area contributed by atoms with Crippen molar-refractivity contribution >= 4 is 5.65 Å². The van der Waals surface area contributed by atoms with E-state index in [2.05, 4.69) is 27.5 Å². The maximum atomic E-state index is 11.7. The molecule has 0 bridgehead atoms. The zero-order valence-corrected chi connectivity index (χ0v) is 12.1. The van der Waals surface area contributed by atoms with Crippen LogP contribution in [0.5, 0.6) is 5.88 Å². The van der Waals surface area contributed by atoms with Crippen LogP contribution in [0, 0.1) is 6.92 Å². The predicted molar refractivity (Wildman–Crippen MR) is 81.9 cm³/mol. The second-order valence-electron chi connectivity index (χ2n) is 5.68. The molecule has 3 heterocycles. The zero-order chi connectivity index (χ0) is 15.3. The van der Waals surface area contributed by atoms with Gasteiger partial charge in [0.25, 0.3) is 5.56 Å². The molecule has 6 nitrogen and oxygen atoms in total. The van der Waals surface area contributed by atoms with E-state index in [9.17, 15) is 9.90 Å². The van der Waals surface area contributed by atoms with Crippen molar-refractivity contribution in [2.75, 3.05) is 0 Å². The number of fused-ring (bicyclic) bond motifs is 2. The summed E-state index contributed by atoms with van der Waals surface area (Å²) >= 11 is 0. The van der Waals surface area contributed by atoms with Crippen LogP contribution >= 0.6 is 0 Å². The molecule has 112 valence electrons. The summed E-state index contributed by atoms with van der Waals surface area (Å²) < 4.78 is 1.38. The topological polar surface area (TPSA) is 82.4 Å². The summed E-state index contributed by atoms with van der Waals surface area (Å²) in [7, 11) is 0. The highest BCUT2D eigenvalue weighted by molar-refractivity contribution is 5.45. The molecule has 0 saturated heterocycles. The maximum Gasteiger partial charge on any atom is 0.257 e. The minimum Gasteiger partial charge on any atom is -0.493 e. The van der Waals surface area contributed by atoms with Crippen molar-refractivity contribution in [1.29, 1.82) is 0 Å². The van der Waals surface area contributed by atoms with E-state index in [0.717, 1.165) is 18.7 Å². The Morgan fingerprint density at radius 2 is 2.09 bits per heavy atom. The molecule has 1 aliphatic rings. The van der Waals surface area contributed by atoms with Crippen LogP contribution in [0.1, 0.15) is 28.4 Å². The minimum absolute atomic E-state index is 0.0676. The molecule has 1 atom stereocenters. The first-order chi connectivity index (χ1) is 10.6. The van der Waals surface area contributed by atoms with E-state index < -0.39 is 0 Å². The van der Waals surface area contributed by atoms with E-state index >= 15 is 0 Å². The third-order valence-corrected chi connectivity index (χ3v) is 4.28. The molecule has 0 fully saturated rings. The molecule has 6 heteroatoms. The lowest BCUT2D eigenvalue weighted by molar-refractivity contribution is 0.425. The van der Waals surface area contributed by atoms with Gasteiger partial charge >= 0.3 is 0 Å². The first kappa shape index (κ1) is 13.1. The van der Waals surface area contributed by atoms with E-state index in [1.54, 1.807) is 6.92 Å². The van der Waals surface area contributed by atoms with Crippen molar-refractivity contribution in [3.05, 3.63) is 63.1 Å². The number of aromatic nitrogens is 3. The Balaban J connectivity index is 1.77. The number of rotatable bonds is 1. The summed E-state index contributed by atoms with van der Waals surface area (Å²) in [6, 6.07) is 10.2. The Bertz CT molecular complexity index is 926. The zero-order valence-electron chi connectivity index (χ0n) is 12.1. The molecule has 1 aliphatic heterocycles. The first-order valence-electron chi connectivity index (χ1n) is 7.25. The average Bonchev–Trinajstić information content (AvgIpc) is 2.96. The molecular weight excluding hydrogens is 280 g/mol. The highest BCUT2D eigenvalue weighted by Crippen LogP contribution is 2.26. The number of aromatic amines is 1. The third-order valence-electron chi connectivity index (χ3n) is 4.28. The smallest absolute Gasteiger partial charge is 0.257 e. The van der Waals surface area contributed by atoms with Crippen LogP contribution in [0.15, 0.2) is 35.1 Å². The van der Waals surface area contributed by atoms with Gasteiger partial charge in [0.1, 0.15) is 5.65 Å². The fourth-order valence-electron chi connectivity index (χ4n) is 2.95. The van der Waals surface area contributed by atoms with Gasteiger partial charge in [0.05, 0.1) is 17.3 Å². The fraction of sp³-hybridized carbons (Fsp3) is 0.250. The number of nitrogens with zero attached hydrogens (tertiary/aromatic N) is 2. The monoisotopic (exact) mass is 296 g/mol. The molecular formula is C16H16N4O2. The number of hydrogen-bond donors (Lipinski definition) is 3. The van der Waals surface area contributed by atoms with E-state index in [4.69, 9.17) is 0 Å². The van der Waals surface area contributed by atoms with E-state index in [-0.39, 0.29) is 23.0 Å². The quantitative estimate of drug-likeness (QED) is 0.634. The number of aromatic hydroxyl groups is 1. The van der Waals surface area contributed by atoms with Crippen LogP contribution < -0.4 is 10.9 Å². The SMILES string of the molecule is Cc1c(O)n2nc(C3Cc4ccccc4CN3)cc2[nH]c1=O. The van der Waals surface area contributed by atoms with Gasteiger partial charge in [0.15, 0.2) is 0 Å². The molecule has 0 aliphatic carbocycles. The highest BCUT2D eigenvalue weighted by Gasteiger charge is 2.22. The van der Waals surface area contributed by atoms with Gasteiger partial charge in [0.2, 0.25) is 5.88 Å². The van der Waals surface area contributed by atoms with Gasteiger partial charge in [-0.15, -0.1) is 0 Å². The second kappa shape index (κ2) is 4.71. The molecule has 22 heavy (non-hydrogen) atoms. The summed E-state index contributed by atoms with van der Waals surface area (Å²) in [6.07, 6.45) is 0.837. The van der Waals surface area contributed by atoms with Crippen LogP contribution in [-0.4, -0.2) is 19.7 Å². The Kier molecular flexibility index (Phi) is 2.80. The lowest BCUT2D eigenvalue weighted by atomic mass is 9.94. The summed E-state index contributed by atoms with van der Waals surface area (Å²) in [5, 5.41) is 18.0. The van der Waals surface area contributed by atoms with Gasteiger partial charge < -0.3 is 15.4 Å². The molecule has 3 aromatic rings. The van der Waals surface area contributed by atoms with Gasteiger partial charge in [-0.3, -0.25) is 4.79 Å². The van der Waals surface area contributed by atoms with Crippen LogP contribution in [-0.2, 0) is 13.0 Å². The molecule has 0 spiro atoms. The summed E-state index contributed by atoms with van der Waals surface area (Å²) in [4.78, 5) is 14.5. The first-order valence-corrected chi connectivity index (χ1v) is 7.25. The second-order valence-corrected chi connectivity index (χ2v) is 5.68. The maximum absolute atomic E-state index is 11.7. The Morgan fingerprint density at radius 1 is 1.32 bits per heavy atom. The number of nitrogens with one attached hydrogen (secondary N) is 2. The Morgan fingerprint density at radius 3 is 2.91 bits per heavy atom. The Hall–Kier alpha value is -2.60. The molecule has 3 N–H and O–H groups in total. The fourth-order valence-corrected chi connectivity index (χ4v) is 2.95. The van der Waals surface area contributed by atoms with Crippen molar-refractivity contribution in [3.63, 3.8) is 0 Å². The molecule has 0 amide bonds. The summed E-state index contributed by atoms with van der Waals surface area (Å²) in [5.41, 5.74) is 3.89. The van der Waals surface area contributed by atoms with Crippen molar-refractivity contribution < 1.29 is 5.11 Å². The minimum atomic E-state index is -0.293. The molecule has 4 rings (SSSR count). The van der Waals surface area contributed by atoms with E-state index in [0.29, 0.717) is 5.65 Å². The average molecular weight is 296 g/mol. The van der Waals surface area contributed by atoms with E-state index in [1.165, 1.54) is 15.6 Å². The van der Waals surface area contributed by atoms with Crippen molar-refractivity contribution in [2.24, 2.45) is 0 Å². The van der Waals surface area contributed by atoms with Crippen LogP contribution in [0.25, 0.3) is 5.65 Å². The van der Waals surface area contributed by atoms with Gasteiger partial charge in [-0.25, -0.2) is 0 Å². The van der Waals surface area contributed by atoms with E-state index in [1.807, 2.05) is 18.2 Å². The van der Waals surface area contributed by atoms with Gasteiger partial charge in [-0.05, 0) is 24.5 Å². The van der Waals surface area contributed by atoms with Gasteiger partial charge in [0, 0.05) is 12.6 Å². The number of H-pyrrole nitrogens is 1. The summed E-state index contributed by atoms with van der Waals surface area (Å²) in [5.74, 6) is -0.110. The van der Waals surface area contributed by atoms with Gasteiger partial charge in [-0.1, -0.05) is 24.3 Å².